The summed E-state index contributed by atoms with van der Waals surface area (Å²) < 4.78 is 13.5. The van der Waals surface area contributed by atoms with Crippen molar-refractivity contribution in [2.24, 2.45) is 4.99 Å². The zero-order chi connectivity index (χ0) is 19.0. The maximum atomic E-state index is 13.5. The summed E-state index contributed by atoms with van der Waals surface area (Å²) in [6.07, 6.45) is 0.988. The van der Waals surface area contributed by atoms with E-state index in [1.54, 1.807) is 41.3 Å². The summed E-state index contributed by atoms with van der Waals surface area (Å²) in [6, 6.07) is 12.8. The van der Waals surface area contributed by atoms with E-state index in [4.69, 9.17) is 11.6 Å². The van der Waals surface area contributed by atoms with Gasteiger partial charge in [0.25, 0.3) is 11.8 Å². The van der Waals surface area contributed by atoms with Crippen LogP contribution < -0.4 is 5.32 Å². The number of carbonyl (C=O) groups is 2. The minimum Gasteiger partial charge on any atom is -0.338 e. The van der Waals surface area contributed by atoms with E-state index in [9.17, 15) is 14.0 Å². The van der Waals surface area contributed by atoms with Gasteiger partial charge in [0.1, 0.15) is 17.2 Å². The van der Waals surface area contributed by atoms with Gasteiger partial charge in [-0.1, -0.05) is 35.9 Å². The second-order valence-electron chi connectivity index (χ2n) is 6.73. The lowest BCUT2D eigenvalue weighted by molar-refractivity contribution is -0.115. The summed E-state index contributed by atoms with van der Waals surface area (Å²) >= 11 is 6.12. The van der Waals surface area contributed by atoms with E-state index in [1.807, 2.05) is 0 Å². The lowest BCUT2D eigenvalue weighted by atomic mass is 9.97. The summed E-state index contributed by atoms with van der Waals surface area (Å²) in [5, 5.41) is 3.34. The molecule has 0 bridgehead atoms. The van der Waals surface area contributed by atoms with Gasteiger partial charge in [-0.3, -0.25) is 14.6 Å². The molecule has 0 aliphatic carbocycles. The second kappa shape index (κ2) is 6.78. The average molecular weight is 386 g/mol. The largest absolute Gasteiger partial charge is 0.338 e. The zero-order valence-electron chi connectivity index (χ0n) is 14.4. The van der Waals surface area contributed by atoms with Crippen LogP contribution in [-0.2, 0) is 4.79 Å². The van der Waals surface area contributed by atoms with E-state index in [1.165, 1.54) is 12.1 Å². The molecule has 1 fully saturated rings. The van der Waals surface area contributed by atoms with Crippen molar-refractivity contribution in [3.63, 3.8) is 0 Å². The van der Waals surface area contributed by atoms with Gasteiger partial charge < -0.3 is 10.2 Å². The molecule has 5 nitrogen and oxygen atoms in total. The minimum absolute atomic E-state index is 0.130. The molecular formula is C20H17ClFN3O2. The Hall–Kier alpha value is -2.73. The zero-order valence-corrected chi connectivity index (χ0v) is 15.2. The first-order chi connectivity index (χ1) is 13.0. The summed E-state index contributed by atoms with van der Waals surface area (Å²) in [4.78, 5) is 31.4. The predicted octanol–water partition coefficient (Wildman–Crippen LogP) is 3.03. The molecule has 2 heterocycles. The highest BCUT2D eigenvalue weighted by molar-refractivity contribution is 6.46. The lowest BCUT2D eigenvalue weighted by Gasteiger charge is -2.37. The number of carbonyl (C=O) groups excluding carboxylic acids is 2. The molecule has 138 valence electrons. The van der Waals surface area contributed by atoms with E-state index in [0.29, 0.717) is 42.1 Å². The first-order valence-electron chi connectivity index (χ1n) is 8.70. The number of nitrogens with zero attached hydrogens (tertiary/aromatic N) is 2. The van der Waals surface area contributed by atoms with Gasteiger partial charge in [-0.15, -0.1) is 0 Å². The van der Waals surface area contributed by atoms with Crippen molar-refractivity contribution in [3.05, 3.63) is 70.5 Å². The highest BCUT2D eigenvalue weighted by Crippen LogP contribution is 2.30. The Bertz CT molecular complexity index is 952. The van der Waals surface area contributed by atoms with E-state index in [2.05, 4.69) is 10.3 Å². The summed E-state index contributed by atoms with van der Waals surface area (Å²) in [7, 11) is 0. The van der Waals surface area contributed by atoms with Crippen LogP contribution in [0.3, 0.4) is 0 Å². The van der Waals surface area contributed by atoms with Crippen LogP contribution in [-0.4, -0.2) is 41.2 Å². The lowest BCUT2D eigenvalue weighted by Crippen LogP contribution is -2.52. The summed E-state index contributed by atoms with van der Waals surface area (Å²) in [6.45, 7) is 0.897. The van der Waals surface area contributed by atoms with Crippen LogP contribution in [0.25, 0.3) is 0 Å². The topological polar surface area (TPSA) is 61.8 Å². The third-order valence-corrected chi connectivity index (χ3v) is 5.30. The number of hydrogen-bond donors (Lipinski definition) is 1. The molecule has 7 heteroatoms. The van der Waals surface area contributed by atoms with Gasteiger partial charge in [-0.05, 0) is 24.3 Å². The van der Waals surface area contributed by atoms with Crippen molar-refractivity contribution in [1.29, 1.82) is 0 Å². The van der Waals surface area contributed by atoms with Crippen molar-refractivity contribution in [1.82, 2.24) is 10.2 Å². The average Bonchev–Trinajstić information content (AvgIpc) is 2.98. The van der Waals surface area contributed by atoms with E-state index in [0.717, 1.165) is 0 Å². The molecule has 0 aromatic heterocycles. The number of rotatable bonds is 2. The number of hydrogen-bond acceptors (Lipinski definition) is 3. The second-order valence-corrected chi connectivity index (χ2v) is 7.14. The number of piperidine rings is 1. The van der Waals surface area contributed by atoms with Crippen LogP contribution in [0.1, 0.15) is 28.8 Å². The Morgan fingerprint density at radius 2 is 1.89 bits per heavy atom. The van der Waals surface area contributed by atoms with Crippen LogP contribution >= 0.6 is 11.6 Å². The molecule has 0 saturated carbocycles. The Labute approximate surface area is 160 Å². The third-order valence-electron chi connectivity index (χ3n) is 4.97. The van der Waals surface area contributed by atoms with Crippen LogP contribution in [0.2, 0.25) is 5.02 Å². The number of likely N-dealkylation sites (tertiary alicyclic amines) is 1. The molecule has 0 unspecified atom stereocenters. The highest BCUT2D eigenvalue weighted by Gasteiger charge is 2.43. The van der Waals surface area contributed by atoms with E-state index < -0.39 is 11.5 Å². The monoisotopic (exact) mass is 385 g/mol. The molecule has 2 aromatic rings. The molecule has 0 radical (unpaired) electrons. The van der Waals surface area contributed by atoms with Gasteiger partial charge in [-0.2, -0.15) is 0 Å². The smallest absolute Gasteiger partial charge is 0.272 e. The molecule has 1 saturated heterocycles. The van der Waals surface area contributed by atoms with Crippen molar-refractivity contribution in [3.8, 4) is 0 Å². The molecule has 1 spiro atoms. The quantitative estimate of drug-likeness (QED) is 0.863. The Morgan fingerprint density at radius 1 is 1.15 bits per heavy atom. The molecular weight excluding hydrogens is 369 g/mol. The van der Waals surface area contributed by atoms with Gasteiger partial charge in [-0.25, -0.2) is 4.39 Å². The maximum absolute atomic E-state index is 13.5. The van der Waals surface area contributed by atoms with Crippen LogP contribution in [0.5, 0.6) is 0 Å². The minimum atomic E-state index is -0.740. The number of aliphatic imine (C=N–C) groups is 1. The Balaban J connectivity index is 1.51. The van der Waals surface area contributed by atoms with Crippen LogP contribution in [0.4, 0.5) is 4.39 Å². The standard InChI is InChI=1S/C20H17ClFN3O2/c21-16-7-2-1-6-15(16)19(27)25-10-8-20(9-11-25)23-17(18(26)24-20)13-4-3-5-14(22)12-13/h1-7,12H,8-11H2,(H,24,26). The first-order valence-corrected chi connectivity index (χ1v) is 9.07. The Morgan fingerprint density at radius 3 is 2.59 bits per heavy atom. The number of benzene rings is 2. The van der Waals surface area contributed by atoms with Gasteiger partial charge in [0, 0.05) is 31.5 Å². The fraction of sp³-hybridized carbons (Fsp3) is 0.250. The normalized spacial score (nSPS) is 18.4. The molecule has 2 aromatic carbocycles. The SMILES string of the molecule is O=C1NC2(CCN(C(=O)c3ccccc3Cl)CC2)N=C1c1cccc(F)c1. The summed E-state index contributed by atoms with van der Waals surface area (Å²) in [5.41, 5.74) is 0.421. The van der Waals surface area contributed by atoms with Gasteiger partial charge in [0.2, 0.25) is 0 Å². The highest BCUT2D eigenvalue weighted by atomic mass is 35.5. The Kier molecular flexibility index (Phi) is 4.44. The number of halogens is 2. The third kappa shape index (κ3) is 3.32. The number of amides is 2. The van der Waals surface area contributed by atoms with Crippen molar-refractivity contribution in [2.75, 3.05) is 13.1 Å². The van der Waals surface area contributed by atoms with Crippen LogP contribution in [0, 0.1) is 5.82 Å². The summed E-state index contributed by atoms with van der Waals surface area (Å²) in [5.74, 6) is -0.857. The van der Waals surface area contributed by atoms with Gasteiger partial charge >= 0.3 is 0 Å². The molecule has 2 amide bonds. The van der Waals surface area contributed by atoms with Crippen LogP contribution in [0.15, 0.2) is 53.5 Å². The molecule has 2 aliphatic heterocycles. The van der Waals surface area contributed by atoms with E-state index >= 15 is 0 Å². The number of nitrogens with one attached hydrogen (secondary N) is 1. The molecule has 1 N–H and O–H groups in total. The first kappa shape index (κ1) is 17.7. The van der Waals surface area contributed by atoms with Gasteiger partial charge in [0.05, 0.1) is 10.6 Å². The predicted molar refractivity (Wildman–Crippen MR) is 100 cm³/mol. The molecule has 2 aliphatic rings. The van der Waals surface area contributed by atoms with Crippen molar-refractivity contribution in [2.45, 2.75) is 18.5 Å². The molecule has 27 heavy (non-hydrogen) atoms. The van der Waals surface area contributed by atoms with Crippen molar-refractivity contribution < 1.29 is 14.0 Å². The van der Waals surface area contributed by atoms with Crippen molar-refractivity contribution >= 4 is 29.1 Å². The van der Waals surface area contributed by atoms with Gasteiger partial charge in [0.15, 0.2) is 0 Å². The fourth-order valence-corrected chi connectivity index (χ4v) is 3.73. The molecule has 0 atom stereocenters. The molecule has 4 rings (SSSR count). The fourth-order valence-electron chi connectivity index (χ4n) is 3.52. The maximum Gasteiger partial charge on any atom is 0.272 e. The van der Waals surface area contributed by atoms with E-state index in [-0.39, 0.29) is 17.5 Å².